The first kappa shape index (κ1) is 24.4. The summed E-state index contributed by atoms with van der Waals surface area (Å²) in [4.78, 5) is 17.3. The molecule has 0 N–H and O–H groups in total. The number of hydrogen-bond donors (Lipinski definition) is 0. The van der Waals surface area contributed by atoms with Crippen molar-refractivity contribution in [3.63, 3.8) is 0 Å². The van der Waals surface area contributed by atoms with Crippen molar-refractivity contribution in [2.45, 2.75) is 25.7 Å². The Kier molecular flexibility index (Phi) is 6.61. The van der Waals surface area contributed by atoms with Crippen molar-refractivity contribution in [1.29, 1.82) is 5.26 Å². The van der Waals surface area contributed by atoms with Crippen molar-refractivity contribution >= 4 is 37.5 Å². The van der Waals surface area contributed by atoms with Crippen LogP contribution in [-0.4, -0.2) is 17.8 Å². The van der Waals surface area contributed by atoms with Gasteiger partial charge in [-0.2, -0.15) is 10.2 Å². The second kappa shape index (κ2) is 9.49. The van der Waals surface area contributed by atoms with Crippen LogP contribution in [0.15, 0.2) is 79.9 Å². The molecule has 0 spiro atoms. The number of sulfone groups is 1. The maximum Gasteiger partial charge on any atom is 0.269 e. The molecule has 0 saturated carbocycles. The number of halogens is 1. The van der Waals surface area contributed by atoms with Gasteiger partial charge in [0.25, 0.3) is 5.56 Å². The van der Waals surface area contributed by atoms with E-state index in [0.717, 1.165) is 22.8 Å². The van der Waals surface area contributed by atoms with E-state index in [2.05, 4.69) is 20.9 Å². The van der Waals surface area contributed by atoms with E-state index >= 15 is 0 Å². The fraction of sp³-hybridized carbons (Fsp3) is 0.115. The van der Waals surface area contributed by atoms with Gasteiger partial charge in [0.15, 0.2) is 0 Å². The standard InChI is InChI=1S/C26H20BrN3O4S/c1-16-11-17(2)13-20(12-16)34-25-23(26(31)30-10-4-5-18(3)24(30)29-25)14-22(15-28)35(32,33)21-8-6-19(27)7-9-21/h4-14H,1-3H3/b22-14+. The van der Waals surface area contributed by atoms with Gasteiger partial charge in [0, 0.05) is 10.7 Å². The first-order valence-corrected chi connectivity index (χ1v) is 12.8. The quantitative estimate of drug-likeness (QED) is 0.304. The lowest BCUT2D eigenvalue weighted by Crippen LogP contribution is -2.20. The van der Waals surface area contributed by atoms with Crippen molar-refractivity contribution < 1.29 is 13.2 Å². The Bertz CT molecular complexity index is 1680. The zero-order valence-electron chi connectivity index (χ0n) is 19.1. The van der Waals surface area contributed by atoms with E-state index in [9.17, 15) is 18.5 Å². The van der Waals surface area contributed by atoms with E-state index in [4.69, 9.17) is 4.74 Å². The zero-order valence-corrected chi connectivity index (χ0v) is 21.5. The molecule has 0 aliphatic carbocycles. The fourth-order valence-corrected chi connectivity index (χ4v) is 5.04. The minimum Gasteiger partial charge on any atom is -0.438 e. The molecule has 35 heavy (non-hydrogen) atoms. The van der Waals surface area contributed by atoms with Gasteiger partial charge in [0.2, 0.25) is 15.7 Å². The van der Waals surface area contributed by atoms with Crippen LogP contribution in [-0.2, 0) is 9.84 Å². The Hall–Kier alpha value is -3.74. The predicted molar refractivity (Wildman–Crippen MR) is 137 cm³/mol. The zero-order chi connectivity index (χ0) is 25.3. The summed E-state index contributed by atoms with van der Waals surface area (Å²) in [6.45, 7) is 5.62. The second-order valence-corrected chi connectivity index (χ2v) is 10.9. The van der Waals surface area contributed by atoms with E-state index in [1.165, 1.54) is 22.7 Å². The van der Waals surface area contributed by atoms with Crippen molar-refractivity contribution in [2.24, 2.45) is 0 Å². The molecule has 0 unspecified atom stereocenters. The predicted octanol–water partition coefficient (Wildman–Crippen LogP) is 5.51. The van der Waals surface area contributed by atoms with Gasteiger partial charge in [-0.15, -0.1) is 0 Å². The van der Waals surface area contributed by atoms with Crippen LogP contribution in [0.25, 0.3) is 11.7 Å². The van der Waals surface area contributed by atoms with Crippen LogP contribution < -0.4 is 10.3 Å². The number of fused-ring (bicyclic) bond motifs is 1. The number of benzene rings is 2. The molecule has 7 nitrogen and oxygen atoms in total. The number of ether oxygens (including phenoxy) is 1. The molecule has 0 aliphatic heterocycles. The highest BCUT2D eigenvalue weighted by molar-refractivity contribution is 9.10. The molecule has 0 saturated heterocycles. The first-order valence-electron chi connectivity index (χ1n) is 10.5. The molecule has 4 rings (SSSR count). The lowest BCUT2D eigenvalue weighted by molar-refractivity contribution is 0.460. The van der Waals surface area contributed by atoms with Crippen molar-refractivity contribution in [1.82, 2.24) is 9.38 Å². The Morgan fingerprint density at radius 1 is 1.09 bits per heavy atom. The lowest BCUT2D eigenvalue weighted by atomic mass is 10.1. The van der Waals surface area contributed by atoms with Gasteiger partial charge < -0.3 is 4.74 Å². The average molecular weight is 550 g/mol. The molecule has 0 radical (unpaired) electrons. The Labute approximate surface area is 211 Å². The summed E-state index contributed by atoms with van der Waals surface area (Å²) < 4.78 is 34.4. The number of aromatic nitrogens is 2. The molecular formula is C26H20BrN3O4S. The van der Waals surface area contributed by atoms with Crippen LogP contribution in [0.4, 0.5) is 0 Å². The molecule has 0 amide bonds. The molecule has 0 fully saturated rings. The van der Waals surface area contributed by atoms with Gasteiger partial charge in [-0.1, -0.05) is 28.1 Å². The lowest BCUT2D eigenvalue weighted by Gasteiger charge is -2.12. The third-order valence-electron chi connectivity index (χ3n) is 5.26. The van der Waals surface area contributed by atoms with Crippen molar-refractivity contribution in [2.75, 3.05) is 0 Å². The maximum absolute atomic E-state index is 13.5. The molecule has 2 aromatic carbocycles. The average Bonchev–Trinajstić information content (AvgIpc) is 2.79. The van der Waals surface area contributed by atoms with Crippen LogP contribution in [0.1, 0.15) is 22.3 Å². The molecule has 2 aromatic heterocycles. The minimum absolute atomic E-state index is 0.0741. The van der Waals surface area contributed by atoms with Crippen LogP contribution in [0.3, 0.4) is 0 Å². The number of pyridine rings is 1. The van der Waals surface area contributed by atoms with E-state index < -0.39 is 20.3 Å². The number of aryl methyl sites for hydroxylation is 3. The third-order valence-corrected chi connectivity index (χ3v) is 7.47. The monoisotopic (exact) mass is 549 g/mol. The number of nitrogens with zero attached hydrogens (tertiary/aromatic N) is 3. The molecular weight excluding hydrogens is 530 g/mol. The number of rotatable bonds is 5. The van der Waals surface area contributed by atoms with E-state index in [0.29, 0.717) is 15.9 Å². The van der Waals surface area contributed by atoms with Gasteiger partial charge in [0.05, 0.1) is 4.90 Å². The van der Waals surface area contributed by atoms with Gasteiger partial charge in [-0.3, -0.25) is 9.20 Å². The second-order valence-electron chi connectivity index (χ2n) is 8.02. The van der Waals surface area contributed by atoms with E-state index in [1.54, 1.807) is 49.4 Å². The third kappa shape index (κ3) is 4.90. The minimum atomic E-state index is -4.20. The highest BCUT2D eigenvalue weighted by atomic mass is 79.9. The fourth-order valence-electron chi connectivity index (χ4n) is 3.64. The Morgan fingerprint density at radius 2 is 1.74 bits per heavy atom. The molecule has 0 aliphatic rings. The molecule has 4 aromatic rings. The van der Waals surface area contributed by atoms with Crippen molar-refractivity contribution in [3.05, 3.63) is 103 Å². The number of nitriles is 1. The molecule has 176 valence electrons. The summed E-state index contributed by atoms with van der Waals surface area (Å²) >= 11 is 3.27. The number of allylic oxidation sites excluding steroid dienone is 1. The summed E-state index contributed by atoms with van der Waals surface area (Å²) in [6.07, 6.45) is 2.56. The highest BCUT2D eigenvalue weighted by Gasteiger charge is 2.24. The molecule has 0 atom stereocenters. The summed E-state index contributed by atoms with van der Waals surface area (Å²) in [5.74, 6) is 0.351. The molecule has 9 heteroatoms. The van der Waals surface area contributed by atoms with Crippen LogP contribution >= 0.6 is 15.9 Å². The van der Waals surface area contributed by atoms with Gasteiger partial charge in [0.1, 0.15) is 27.9 Å². The van der Waals surface area contributed by atoms with E-state index in [-0.39, 0.29) is 16.3 Å². The smallest absolute Gasteiger partial charge is 0.269 e. The van der Waals surface area contributed by atoms with Gasteiger partial charge in [-0.25, -0.2) is 8.42 Å². The van der Waals surface area contributed by atoms with Gasteiger partial charge in [-0.05, 0) is 86.0 Å². The van der Waals surface area contributed by atoms with Crippen LogP contribution in [0, 0.1) is 32.1 Å². The summed E-state index contributed by atoms with van der Waals surface area (Å²) in [5.41, 5.74) is 2.28. The van der Waals surface area contributed by atoms with Crippen LogP contribution in [0.5, 0.6) is 11.6 Å². The van der Waals surface area contributed by atoms with Gasteiger partial charge >= 0.3 is 0 Å². The number of hydrogen-bond acceptors (Lipinski definition) is 6. The summed E-state index contributed by atoms with van der Waals surface area (Å²) in [7, 11) is -4.20. The van der Waals surface area contributed by atoms with E-state index in [1.807, 2.05) is 19.9 Å². The largest absolute Gasteiger partial charge is 0.438 e. The van der Waals surface area contributed by atoms with Crippen molar-refractivity contribution in [3.8, 4) is 17.7 Å². The first-order chi connectivity index (χ1) is 16.6. The SMILES string of the molecule is Cc1cc(C)cc(Oc2nc3c(C)cccn3c(=O)c2/C=C(\C#N)S(=O)(=O)c2ccc(Br)cc2)c1. The maximum atomic E-state index is 13.5. The molecule has 0 bridgehead atoms. The Balaban J connectivity index is 1.97. The topological polar surface area (TPSA) is 102 Å². The Morgan fingerprint density at radius 3 is 2.37 bits per heavy atom. The molecule has 2 heterocycles. The normalized spacial score (nSPS) is 11.9. The summed E-state index contributed by atoms with van der Waals surface area (Å²) in [6, 6.07) is 16.6. The summed E-state index contributed by atoms with van der Waals surface area (Å²) in [5, 5.41) is 9.76. The van der Waals surface area contributed by atoms with Crippen LogP contribution in [0.2, 0.25) is 0 Å². The highest BCUT2D eigenvalue weighted by Crippen LogP contribution is 2.28.